The summed E-state index contributed by atoms with van der Waals surface area (Å²) in [6.45, 7) is 2.08. The Bertz CT molecular complexity index is 996. The van der Waals surface area contributed by atoms with Crippen molar-refractivity contribution in [3.8, 4) is 12.3 Å². The van der Waals surface area contributed by atoms with Crippen molar-refractivity contribution >= 4 is 28.5 Å². The Balaban J connectivity index is 1.85. The van der Waals surface area contributed by atoms with Gasteiger partial charge in [-0.2, -0.15) is 0 Å². The average Bonchev–Trinajstić information content (AvgIpc) is 3.03. The van der Waals surface area contributed by atoms with Crippen molar-refractivity contribution in [1.29, 1.82) is 0 Å². The predicted molar refractivity (Wildman–Crippen MR) is 96.5 cm³/mol. The molecule has 0 spiro atoms. The molecule has 2 N–H and O–H groups in total. The molecule has 0 saturated carbocycles. The fourth-order valence-electron chi connectivity index (χ4n) is 2.48. The number of fused-ring (bicyclic) bond motifs is 1. The molecule has 0 atom stereocenters. The lowest BCUT2D eigenvalue weighted by molar-refractivity contribution is 0.0959. The lowest BCUT2D eigenvalue weighted by Crippen LogP contribution is -2.25. The third kappa shape index (κ3) is 3.54. The summed E-state index contributed by atoms with van der Waals surface area (Å²) in [6.07, 6.45) is 5.15. The van der Waals surface area contributed by atoms with Gasteiger partial charge in [0.25, 0.3) is 11.8 Å². The zero-order chi connectivity index (χ0) is 17.8. The van der Waals surface area contributed by atoms with Crippen molar-refractivity contribution < 1.29 is 14.0 Å². The lowest BCUT2D eigenvalue weighted by atomic mass is 10.1. The fourth-order valence-corrected chi connectivity index (χ4v) is 2.48. The maximum atomic E-state index is 12.5. The highest BCUT2D eigenvalue weighted by molar-refractivity contribution is 6.09. The molecule has 1 heterocycles. The zero-order valence-electron chi connectivity index (χ0n) is 13.6. The summed E-state index contributed by atoms with van der Waals surface area (Å²) in [5.74, 6) is 1.74. The number of benzene rings is 2. The molecule has 5 heteroatoms. The van der Waals surface area contributed by atoms with Crippen LogP contribution in [0.4, 0.5) is 5.69 Å². The minimum Gasteiger partial charge on any atom is -0.451 e. The number of carbonyl (C=O) groups is 2. The molecule has 0 radical (unpaired) electrons. The molecule has 3 rings (SSSR count). The monoisotopic (exact) mass is 332 g/mol. The van der Waals surface area contributed by atoms with Gasteiger partial charge < -0.3 is 15.1 Å². The number of para-hydroxylation sites is 1. The van der Waals surface area contributed by atoms with Gasteiger partial charge in [0.2, 0.25) is 0 Å². The molecule has 0 fully saturated rings. The number of anilines is 1. The van der Waals surface area contributed by atoms with Crippen LogP contribution in [-0.2, 0) is 0 Å². The molecule has 0 bridgehead atoms. The maximum absolute atomic E-state index is 12.5. The van der Waals surface area contributed by atoms with E-state index in [2.05, 4.69) is 16.6 Å². The van der Waals surface area contributed by atoms with Crippen LogP contribution in [0.1, 0.15) is 26.5 Å². The highest BCUT2D eigenvalue weighted by Gasteiger charge is 2.16. The van der Waals surface area contributed by atoms with Crippen LogP contribution in [0.15, 0.2) is 52.9 Å². The first kappa shape index (κ1) is 16.3. The van der Waals surface area contributed by atoms with E-state index in [9.17, 15) is 9.59 Å². The number of nitrogens with one attached hydrogen (secondary N) is 2. The van der Waals surface area contributed by atoms with Crippen molar-refractivity contribution in [2.75, 3.05) is 11.9 Å². The van der Waals surface area contributed by atoms with E-state index in [1.165, 1.54) is 0 Å². The number of hydrogen-bond donors (Lipinski definition) is 2. The van der Waals surface area contributed by atoms with E-state index < -0.39 is 5.91 Å². The van der Waals surface area contributed by atoms with Crippen molar-refractivity contribution in [2.45, 2.75) is 6.92 Å². The predicted octanol–water partition coefficient (Wildman–Crippen LogP) is 3.36. The van der Waals surface area contributed by atoms with Gasteiger partial charge >= 0.3 is 0 Å². The number of furan rings is 1. The van der Waals surface area contributed by atoms with Crippen LogP contribution in [0.25, 0.3) is 11.0 Å². The number of amides is 2. The zero-order valence-corrected chi connectivity index (χ0v) is 13.6. The van der Waals surface area contributed by atoms with Gasteiger partial charge in [-0.25, -0.2) is 0 Å². The Labute approximate surface area is 145 Å². The normalized spacial score (nSPS) is 10.2. The molecule has 5 nitrogen and oxygen atoms in total. The molecule has 3 aromatic rings. The van der Waals surface area contributed by atoms with E-state index in [4.69, 9.17) is 10.8 Å². The summed E-state index contributed by atoms with van der Waals surface area (Å²) in [5.41, 5.74) is 2.43. The topological polar surface area (TPSA) is 71.3 Å². The molecule has 1 aromatic heterocycles. The molecule has 0 saturated heterocycles. The average molecular weight is 332 g/mol. The summed E-state index contributed by atoms with van der Waals surface area (Å²) in [6, 6.07) is 14.1. The largest absolute Gasteiger partial charge is 0.451 e. The summed E-state index contributed by atoms with van der Waals surface area (Å²) in [5, 5.41) is 6.15. The van der Waals surface area contributed by atoms with Crippen LogP contribution in [0.3, 0.4) is 0 Å². The van der Waals surface area contributed by atoms with Crippen molar-refractivity contribution in [2.24, 2.45) is 0 Å². The first-order valence-electron chi connectivity index (χ1n) is 7.71. The van der Waals surface area contributed by atoms with Gasteiger partial charge in [-0.05, 0) is 37.3 Å². The number of aryl methyl sites for hydroxylation is 1. The molecule has 0 aliphatic heterocycles. The number of terminal acetylenes is 1. The van der Waals surface area contributed by atoms with Crippen LogP contribution in [0, 0.1) is 19.3 Å². The van der Waals surface area contributed by atoms with Gasteiger partial charge in [-0.3, -0.25) is 9.59 Å². The van der Waals surface area contributed by atoms with Crippen LogP contribution in [0.5, 0.6) is 0 Å². The first-order chi connectivity index (χ1) is 12.1. The standard InChI is InChI=1S/C20H16N2O3/c1-3-10-21-19(23)15-6-4-5-7-16(15)22-20(24)18-12-14-11-13(2)8-9-17(14)25-18/h1,4-9,11-12H,10H2,2H3,(H,21,23)(H,22,24). The Kier molecular flexibility index (Phi) is 4.53. The second-order valence-corrected chi connectivity index (χ2v) is 5.54. The van der Waals surface area contributed by atoms with E-state index in [1.54, 1.807) is 30.3 Å². The molecule has 25 heavy (non-hydrogen) atoms. The smallest absolute Gasteiger partial charge is 0.291 e. The maximum Gasteiger partial charge on any atom is 0.291 e. The highest BCUT2D eigenvalue weighted by Crippen LogP contribution is 2.22. The minimum atomic E-state index is -0.425. The van der Waals surface area contributed by atoms with Gasteiger partial charge in [0, 0.05) is 5.39 Å². The van der Waals surface area contributed by atoms with Crippen LogP contribution in [-0.4, -0.2) is 18.4 Å². The Morgan fingerprint density at radius 1 is 1.12 bits per heavy atom. The van der Waals surface area contributed by atoms with Gasteiger partial charge in [-0.1, -0.05) is 29.7 Å². The molecular formula is C20H16N2O3. The highest BCUT2D eigenvalue weighted by atomic mass is 16.3. The van der Waals surface area contributed by atoms with E-state index in [0.29, 0.717) is 16.8 Å². The lowest BCUT2D eigenvalue weighted by Gasteiger charge is -2.09. The second-order valence-electron chi connectivity index (χ2n) is 5.54. The van der Waals surface area contributed by atoms with Gasteiger partial charge in [0.15, 0.2) is 5.76 Å². The van der Waals surface area contributed by atoms with Crippen LogP contribution < -0.4 is 10.6 Å². The second kappa shape index (κ2) is 6.93. The summed E-state index contributed by atoms with van der Waals surface area (Å²) >= 11 is 0. The molecule has 124 valence electrons. The number of rotatable bonds is 4. The van der Waals surface area contributed by atoms with Crippen molar-refractivity contribution in [3.63, 3.8) is 0 Å². The van der Waals surface area contributed by atoms with Crippen LogP contribution in [0.2, 0.25) is 0 Å². The number of hydrogen-bond acceptors (Lipinski definition) is 3. The summed E-state index contributed by atoms with van der Waals surface area (Å²) < 4.78 is 5.58. The molecule has 2 aromatic carbocycles. The van der Waals surface area contributed by atoms with Gasteiger partial charge in [0.05, 0.1) is 17.8 Å². The summed E-state index contributed by atoms with van der Waals surface area (Å²) in [4.78, 5) is 24.6. The van der Waals surface area contributed by atoms with Crippen molar-refractivity contribution in [3.05, 3.63) is 65.4 Å². The third-order valence-corrected chi connectivity index (χ3v) is 3.67. The molecule has 0 aliphatic carbocycles. The minimum absolute atomic E-state index is 0.115. The van der Waals surface area contributed by atoms with Gasteiger partial charge in [0.1, 0.15) is 5.58 Å². The van der Waals surface area contributed by atoms with E-state index in [-0.39, 0.29) is 18.2 Å². The first-order valence-corrected chi connectivity index (χ1v) is 7.71. The van der Waals surface area contributed by atoms with Gasteiger partial charge in [-0.15, -0.1) is 6.42 Å². The Hall–Kier alpha value is -3.52. The molecule has 2 amide bonds. The Morgan fingerprint density at radius 2 is 1.92 bits per heavy atom. The third-order valence-electron chi connectivity index (χ3n) is 3.67. The molecular weight excluding hydrogens is 316 g/mol. The number of carbonyl (C=O) groups excluding carboxylic acids is 2. The van der Waals surface area contributed by atoms with Crippen LogP contribution >= 0.6 is 0 Å². The van der Waals surface area contributed by atoms with E-state index >= 15 is 0 Å². The van der Waals surface area contributed by atoms with Crippen molar-refractivity contribution in [1.82, 2.24) is 5.32 Å². The van der Waals surface area contributed by atoms with E-state index in [0.717, 1.165) is 10.9 Å². The SMILES string of the molecule is C#CCNC(=O)c1ccccc1NC(=O)c1cc2cc(C)ccc2o1. The van der Waals surface area contributed by atoms with E-state index in [1.807, 2.05) is 25.1 Å². The fraction of sp³-hybridized carbons (Fsp3) is 0.100. The molecule has 0 unspecified atom stereocenters. The quantitative estimate of drug-likeness (QED) is 0.720. The Morgan fingerprint density at radius 3 is 2.72 bits per heavy atom. The molecule has 0 aliphatic rings. The summed E-state index contributed by atoms with van der Waals surface area (Å²) in [7, 11) is 0.